The van der Waals surface area contributed by atoms with Crippen LogP contribution in [0.4, 0.5) is 0 Å². The van der Waals surface area contributed by atoms with Crippen LogP contribution in [0.15, 0.2) is 34.3 Å². The van der Waals surface area contributed by atoms with Crippen LogP contribution in [0, 0.1) is 11.3 Å². The molecule has 0 aliphatic heterocycles. The number of benzene rings is 1. The molecule has 0 aliphatic rings. The molecule has 0 spiro atoms. The van der Waals surface area contributed by atoms with Crippen LogP contribution in [-0.2, 0) is 9.53 Å². The molecule has 18 heavy (non-hydrogen) atoms. The molecule has 0 amide bonds. The van der Waals surface area contributed by atoms with Crippen LogP contribution in [-0.4, -0.2) is 12.6 Å². The van der Waals surface area contributed by atoms with Gasteiger partial charge < -0.3 is 4.74 Å². The highest BCUT2D eigenvalue weighted by Crippen LogP contribution is 2.14. The minimum absolute atomic E-state index is 0.0178. The first kappa shape index (κ1) is 14.5. The molecule has 94 valence electrons. The minimum Gasteiger partial charge on any atom is -0.462 e. The number of carbonyl (C=O) groups is 1. The second kappa shape index (κ2) is 7.67. The Morgan fingerprint density at radius 1 is 1.56 bits per heavy atom. The maximum absolute atomic E-state index is 11.6. The van der Waals surface area contributed by atoms with Gasteiger partial charge in [0.05, 0.1) is 6.61 Å². The van der Waals surface area contributed by atoms with E-state index in [2.05, 4.69) is 15.9 Å². The van der Waals surface area contributed by atoms with Gasteiger partial charge in [0, 0.05) is 4.47 Å². The average molecular weight is 308 g/mol. The molecule has 0 fully saturated rings. The molecule has 0 aliphatic carbocycles. The van der Waals surface area contributed by atoms with E-state index in [1.165, 1.54) is 6.08 Å². The summed E-state index contributed by atoms with van der Waals surface area (Å²) in [5.41, 5.74) is 0.803. The number of hydrogen-bond acceptors (Lipinski definition) is 3. The summed E-state index contributed by atoms with van der Waals surface area (Å²) in [5, 5.41) is 8.95. The van der Waals surface area contributed by atoms with E-state index in [9.17, 15) is 4.79 Å². The zero-order valence-electron chi connectivity index (χ0n) is 10.1. The van der Waals surface area contributed by atoms with Gasteiger partial charge >= 0.3 is 5.97 Å². The first-order chi connectivity index (χ1) is 8.67. The molecular weight excluding hydrogens is 294 g/mol. The lowest BCUT2D eigenvalue weighted by molar-refractivity contribution is -0.138. The van der Waals surface area contributed by atoms with E-state index in [0.29, 0.717) is 6.61 Å². The van der Waals surface area contributed by atoms with Gasteiger partial charge in [0.25, 0.3) is 0 Å². The van der Waals surface area contributed by atoms with Crippen molar-refractivity contribution in [2.45, 2.75) is 19.8 Å². The van der Waals surface area contributed by atoms with Crippen LogP contribution < -0.4 is 0 Å². The van der Waals surface area contributed by atoms with E-state index in [0.717, 1.165) is 22.9 Å². The standard InChI is InChI=1S/C14H14BrNO2/c1-2-3-7-18-14(17)12(10-16)8-11-5-4-6-13(15)9-11/h4-6,8-9H,2-3,7H2,1H3. The molecule has 0 N–H and O–H groups in total. The maximum Gasteiger partial charge on any atom is 0.348 e. The minimum atomic E-state index is -0.564. The Labute approximate surface area is 115 Å². The van der Waals surface area contributed by atoms with Crippen molar-refractivity contribution in [3.05, 3.63) is 39.9 Å². The van der Waals surface area contributed by atoms with Crippen molar-refractivity contribution >= 4 is 28.0 Å². The monoisotopic (exact) mass is 307 g/mol. The number of rotatable bonds is 5. The highest BCUT2D eigenvalue weighted by atomic mass is 79.9. The number of ether oxygens (including phenoxy) is 1. The van der Waals surface area contributed by atoms with Gasteiger partial charge in [-0.05, 0) is 30.2 Å². The summed E-state index contributed by atoms with van der Waals surface area (Å²) in [4.78, 5) is 11.6. The molecule has 0 unspecified atom stereocenters. The summed E-state index contributed by atoms with van der Waals surface area (Å²) >= 11 is 3.33. The van der Waals surface area contributed by atoms with Gasteiger partial charge in [0.15, 0.2) is 0 Å². The Kier molecular flexibility index (Phi) is 6.16. The number of carbonyl (C=O) groups excluding carboxylic acids is 1. The van der Waals surface area contributed by atoms with Crippen LogP contribution >= 0.6 is 15.9 Å². The molecule has 0 atom stereocenters. The van der Waals surface area contributed by atoms with Crippen LogP contribution in [0.25, 0.3) is 6.08 Å². The lowest BCUT2D eigenvalue weighted by Gasteiger charge is -2.02. The van der Waals surface area contributed by atoms with Crippen molar-refractivity contribution in [2.75, 3.05) is 6.61 Å². The molecule has 1 rings (SSSR count). The van der Waals surface area contributed by atoms with Crippen molar-refractivity contribution in [3.63, 3.8) is 0 Å². The summed E-state index contributed by atoms with van der Waals surface area (Å²) in [6, 6.07) is 9.24. The molecule has 0 saturated carbocycles. The van der Waals surface area contributed by atoms with Crippen LogP contribution in [0.3, 0.4) is 0 Å². The van der Waals surface area contributed by atoms with E-state index < -0.39 is 5.97 Å². The molecule has 0 bridgehead atoms. The lowest BCUT2D eigenvalue weighted by Crippen LogP contribution is -2.07. The van der Waals surface area contributed by atoms with Crippen molar-refractivity contribution in [1.29, 1.82) is 5.26 Å². The summed E-state index contributed by atoms with van der Waals surface area (Å²) < 4.78 is 5.89. The maximum atomic E-state index is 11.6. The molecule has 4 heteroatoms. The second-order valence-corrected chi connectivity index (χ2v) is 4.63. The van der Waals surface area contributed by atoms with Crippen molar-refractivity contribution < 1.29 is 9.53 Å². The Hall–Kier alpha value is -1.60. The molecule has 1 aromatic carbocycles. The fourth-order valence-electron chi connectivity index (χ4n) is 1.29. The zero-order chi connectivity index (χ0) is 13.4. The van der Waals surface area contributed by atoms with Gasteiger partial charge in [-0.15, -0.1) is 0 Å². The molecular formula is C14H14BrNO2. The first-order valence-electron chi connectivity index (χ1n) is 5.72. The fourth-order valence-corrected chi connectivity index (χ4v) is 1.70. The summed E-state index contributed by atoms with van der Waals surface area (Å²) in [6.07, 6.45) is 3.28. The predicted octanol–water partition coefficient (Wildman–Crippen LogP) is 3.70. The number of unbranched alkanes of at least 4 members (excludes halogenated alkanes) is 1. The molecule has 0 aromatic heterocycles. The van der Waals surface area contributed by atoms with E-state index >= 15 is 0 Å². The highest BCUT2D eigenvalue weighted by molar-refractivity contribution is 9.10. The first-order valence-corrected chi connectivity index (χ1v) is 6.51. The second-order valence-electron chi connectivity index (χ2n) is 3.71. The average Bonchev–Trinajstić information content (AvgIpc) is 2.36. The quantitative estimate of drug-likeness (QED) is 0.361. The van der Waals surface area contributed by atoms with Crippen LogP contribution in [0.1, 0.15) is 25.3 Å². The Balaban J connectivity index is 2.77. The number of nitriles is 1. The number of hydrogen-bond donors (Lipinski definition) is 0. The number of halogens is 1. The third-order valence-electron chi connectivity index (χ3n) is 2.23. The molecule has 0 radical (unpaired) electrons. The van der Waals surface area contributed by atoms with Crippen molar-refractivity contribution in [3.8, 4) is 6.07 Å². The Bertz CT molecular complexity index is 489. The van der Waals surface area contributed by atoms with Gasteiger partial charge in [0.1, 0.15) is 11.6 Å². The number of nitrogens with zero attached hydrogens (tertiary/aromatic N) is 1. The van der Waals surface area contributed by atoms with E-state index in [1.54, 1.807) is 0 Å². The Morgan fingerprint density at radius 2 is 2.33 bits per heavy atom. The third-order valence-corrected chi connectivity index (χ3v) is 2.72. The van der Waals surface area contributed by atoms with Crippen LogP contribution in [0.2, 0.25) is 0 Å². The van der Waals surface area contributed by atoms with Gasteiger partial charge in [-0.3, -0.25) is 0 Å². The van der Waals surface area contributed by atoms with Crippen LogP contribution in [0.5, 0.6) is 0 Å². The molecule has 0 saturated heterocycles. The largest absolute Gasteiger partial charge is 0.462 e. The van der Waals surface area contributed by atoms with E-state index in [1.807, 2.05) is 37.3 Å². The zero-order valence-corrected chi connectivity index (χ0v) is 11.7. The highest BCUT2D eigenvalue weighted by Gasteiger charge is 2.10. The van der Waals surface area contributed by atoms with Gasteiger partial charge in [0.2, 0.25) is 0 Å². The lowest BCUT2D eigenvalue weighted by atomic mass is 10.1. The molecule has 0 heterocycles. The van der Waals surface area contributed by atoms with Gasteiger partial charge in [-0.2, -0.15) is 5.26 Å². The van der Waals surface area contributed by atoms with E-state index in [-0.39, 0.29) is 5.57 Å². The fraction of sp³-hybridized carbons (Fsp3) is 0.286. The van der Waals surface area contributed by atoms with Gasteiger partial charge in [-0.25, -0.2) is 4.79 Å². The molecule has 1 aromatic rings. The van der Waals surface area contributed by atoms with Gasteiger partial charge in [-0.1, -0.05) is 41.4 Å². The number of esters is 1. The summed E-state index contributed by atoms with van der Waals surface area (Å²) in [7, 11) is 0. The van der Waals surface area contributed by atoms with E-state index in [4.69, 9.17) is 10.00 Å². The predicted molar refractivity (Wildman–Crippen MR) is 73.6 cm³/mol. The Morgan fingerprint density at radius 3 is 2.94 bits per heavy atom. The summed E-state index contributed by atoms with van der Waals surface area (Å²) in [6.45, 7) is 2.36. The topological polar surface area (TPSA) is 50.1 Å². The molecule has 3 nitrogen and oxygen atoms in total. The SMILES string of the molecule is CCCCOC(=O)C(C#N)=Cc1cccc(Br)c1. The summed E-state index contributed by atoms with van der Waals surface area (Å²) in [5.74, 6) is -0.564. The normalized spacial score (nSPS) is 10.8. The van der Waals surface area contributed by atoms with Crippen molar-refractivity contribution in [1.82, 2.24) is 0 Å². The third kappa shape index (κ3) is 4.72. The van der Waals surface area contributed by atoms with Crippen molar-refractivity contribution in [2.24, 2.45) is 0 Å². The smallest absolute Gasteiger partial charge is 0.348 e.